The van der Waals surface area contributed by atoms with E-state index in [9.17, 15) is 5.11 Å². The van der Waals surface area contributed by atoms with Gasteiger partial charge in [0, 0.05) is 30.1 Å². The molecular weight excluding hydrogens is 256 g/mol. The predicted octanol–water partition coefficient (Wildman–Crippen LogP) is 2.39. The number of anilines is 1. The van der Waals surface area contributed by atoms with Crippen LogP contribution in [0.2, 0.25) is 0 Å². The van der Waals surface area contributed by atoms with E-state index in [1.807, 2.05) is 32.0 Å². The average Bonchev–Trinajstić information content (AvgIpc) is 2.90. The molecule has 0 aliphatic carbocycles. The lowest BCUT2D eigenvalue weighted by Gasteiger charge is -2.22. The second-order valence-corrected chi connectivity index (χ2v) is 5.76. The number of nitrogens with zero attached hydrogens (tertiary/aromatic N) is 1. The Hall–Kier alpha value is -2.01. The van der Waals surface area contributed by atoms with E-state index in [-0.39, 0.29) is 18.8 Å². The number of hydrogen-bond acceptors (Lipinski definition) is 5. The molecule has 0 radical (unpaired) electrons. The first-order chi connectivity index (χ1) is 9.59. The van der Waals surface area contributed by atoms with Crippen molar-refractivity contribution in [1.82, 2.24) is 4.98 Å². The van der Waals surface area contributed by atoms with Crippen molar-refractivity contribution in [2.45, 2.75) is 13.8 Å². The fourth-order valence-corrected chi connectivity index (χ4v) is 2.08. The van der Waals surface area contributed by atoms with Gasteiger partial charge in [-0.05, 0) is 23.6 Å². The quantitative estimate of drug-likeness (QED) is 0.896. The summed E-state index contributed by atoms with van der Waals surface area (Å²) in [6.45, 7) is 5.03. The average molecular weight is 274 g/mol. The molecule has 0 saturated carbocycles. The van der Waals surface area contributed by atoms with E-state index >= 15 is 0 Å². The van der Waals surface area contributed by atoms with Crippen LogP contribution in [0.5, 0.6) is 11.5 Å². The zero-order valence-corrected chi connectivity index (χ0v) is 11.6. The highest BCUT2D eigenvalue weighted by atomic mass is 16.7. The van der Waals surface area contributed by atoms with Gasteiger partial charge < -0.3 is 19.9 Å². The summed E-state index contributed by atoms with van der Waals surface area (Å²) in [6.07, 6.45) is 1.76. The molecule has 5 heteroatoms. The largest absolute Gasteiger partial charge is 0.454 e. The minimum absolute atomic E-state index is 0.122. The Bertz CT molecular complexity index is 640. The summed E-state index contributed by atoms with van der Waals surface area (Å²) in [5, 5.41) is 14.7. The summed E-state index contributed by atoms with van der Waals surface area (Å²) in [6, 6.07) is 5.85. The molecule has 0 fully saturated rings. The second kappa shape index (κ2) is 4.83. The molecule has 2 heterocycles. The van der Waals surface area contributed by atoms with E-state index in [2.05, 4.69) is 10.3 Å². The first kappa shape index (κ1) is 13.0. The molecule has 0 bridgehead atoms. The van der Waals surface area contributed by atoms with Crippen molar-refractivity contribution in [2.75, 3.05) is 25.3 Å². The van der Waals surface area contributed by atoms with Gasteiger partial charge in [0.1, 0.15) is 5.82 Å². The maximum Gasteiger partial charge on any atom is 0.231 e. The Morgan fingerprint density at radius 1 is 1.30 bits per heavy atom. The Labute approximate surface area is 117 Å². The number of pyridine rings is 1. The number of hydrogen-bond donors (Lipinski definition) is 2. The molecule has 0 saturated heterocycles. The van der Waals surface area contributed by atoms with Crippen LogP contribution in [0.25, 0.3) is 10.8 Å². The Balaban J connectivity index is 1.95. The Morgan fingerprint density at radius 3 is 2.80 bits per heavy atom. The van der Waals surface area contributed by atoms with Crippen LogP contribution in [0, 0.1) is 5.41 Å². The molecule has 1 aliphatic heterocycles. The fraction of sp³-hybridized carbons (Fsp3) is 0.400. The molecule has 0 spiro atoms. The van der Waals surface area contributed by atoms with Gasteiger partial charge in [-0.3, -0.25) is 0 Å². The monoisotopic (exact) mass is 274 g/mol. The summed E-state index contributed by atoms with van der Waals surface area (Å²) >= 11 is 0. The first-order valence-electron chi connectivity index (χ1n) is 6.62. The summed E-state index contributed by atoms with van der Waals surface area (Å²) in [5.41, 5.74) is -0.194. The highest BCUT2D eigenvalue weighted by Crippen LogP contribution is 2.37. The molecular formula is C15H18N2O3. The van der Waals surface area contributed by atoms with E-state index in [1.54, 1.807) is 6.20 Å². The number of fused-ring (bicyclic) bond motifs is 2. The number of aliphatic hydroxyl groups is 1. The van der Waals surface area contributed by atoms with Crippen LogP contribution >= 0.6 is 0 Å². The standard InChI is InChI=1S/C15H18N2O3/c1-15(2,8-18)7-17-14-11-6-13-12(19-9-20-13)5-10(11)3-4-16-14/h3-6,18H,7-9H2,1-2H3,(H,16,17). The Morgan fingerprint density at radius 2 is 2.05 bits per heavy atom. The molecule has 2 N–H and O–H groups in total. The van der Waals surface area contributed by atoms with E-state index in [1.165, 1.54) is 0 Å². The highest BCUT2D eigenvalue weighted by molar-refractivity contribution is 5.94. The fourth-order valence-electron chi connectivity index (χ4n) is 2.08. The van der Waals surface area contributed by atoms with E-state index in [4.69, 9.17) is 9.47 Å². The summed E-state index contributed by atoms with van der Waals surface area (Å²) < 4.78 is 10.8. The van der Waals surface area contributed by atoms with Crippen molar-refractivity contribution in [2.24, 2.45) is 5.41 Å². The smallest absolute Gasteiger partial charge is 0.231 e. The first-order valence-corrected chi connectivity index (χ1v) is 6.62. The van der Waals surface area contributed by atoms with Gasteiger partial charge in [0.25, 0.3) is 0 Å². The van der Waals surface area contributed by atoms with Crippen LogP contribution in [0.4, 0.5) is 5.82 Å². The zero-order chi connectivity index (χ0) is 14.2. The van der Waals surface area contributed by atoms with Crippen molar-refractivity contribution in [3.05, 3.63) is 24.4 Å². The van der Waals surface area contributed by atoms with Crippen molar-refractivity contribution >= 4 is 16.6 Å². The predicted molar refractivity (Wildman–Crippen MR) is 77.2 cm³/mol. The molecule has 0 atom stereocenters. The Kier molecular flexibility index (Phi) is 3.14. The topological polar surface area (TPSA) is 63.6 Å². The minimum Gasteiger partial charge on any atom is -0.454 e. The van der Waals surface area contributed by atoms with E-state index < -0.39 is 0 Å². The number of aromatic nitrogens is 1. The lowest BCUT2D eigenvalue weighted by atomic mass is 9.95. The van der Waals surface area contributed by atoms with Gasteiger partial charge >= 0.3 is 0 Å². The molecule has 0 amide bonds. The molecule has 20 heavy (non-hydrogen) atoms. The van der Waals surface area contributed by atoms with Gasteiger partial charge in [0.15, 0.2) is 11.5 Å². The third kappa shape index (κ3) is 2.36. The SMILES string of the molecule is CC(C)(CO)CNc1nccc2cc3c(cc12)OCO3. The van der Waals surface area contributed by atoms with Crippen LogP contribution in [0.15, 0.2) is 24.4 Å². The minimum atomic E-state index is -0.194. The maximum absolute atomic E-state index is 9.32. The molecule has 0 unspecified atom stereocenters. The third-order valence-corrected chi connectivity index (χ3v) is 3.42. The van der Waals surface area contributed by atoms with Gasteiger partial charge in [0.2, 0.25) is 6.79 Å². The molecule has 1 aromatic heterocycles. The lowest BCUT2D eigenvalue weighted by molar-refractivity contribution is 0.171. The normalized spacial score (nSPS) is 13.8. The number of rotatable bonds is 4. The zero-order valence-electron chi connectivity index (χ0n) is 11.6. The van der Waals surface area contributed by atoms with Crippen LogP contribution in [0.3, 0.4) is 0 Å². The number of ether oxygens (including phenoxy) is 2. The molecule has 106 valence electrons. The van der Waals surface area contributed by atoms with Crippen LogP contribution in [-0.4, -0.2) is 30.0 Å². The third-order valence-electron chi connectivity index (χ3n) is 3.42. The second-order valence-electron chi connectivity index (χ2n) is 5.76. The summed E-state index contributed by atoms with van der Waals surface area (Å²) in [5.74, 6) is 2.31. The number of nitrogens with one attached hydrogen (secondary N) is 1. The van der Waals surface area contributed by atoms with Crippen LogP contribution < -0.4 is 14.8 Å². The molecule has 2 aromatic rings. The van der Waals surface area contributed by atoms with E-state index in [0.29, 0.717) is 6.54 Å². The maximum atomic E-state index is 9.32. The van der Waals surface area contributed by atoms with Crippen molar-refractivity contribution in [3.8, 4) is 11.5 Å². The van der Waals surface area contributed by atoms with Gasteiger partial charge in [-0.2, -0.15) is 0 Å². The van der Waals surface area contributed by atoms with Crippen LogP contribution in [0.1, 0.15) is 13.8 Å². The van der Waals surface area contributed by atoms with Crippen molar-refractivity contribution in [3.63, 3.8) is 0 Å². The highest BCUT2D eigenvalue weighted by Gasteiger charge is 2.19. The van der Waals surface area contributed by atoms with Crippen molar-refractivity contribution in [1.29, 1.82) is 0 Å². The van der Waals surface area contributed by atoms with Gasteiger partial charge in [-0.25, -0.2) is 4.98 Å². The van der Waals surface area contributed by atoms with Gasteiger partial charge in [-0.15, -0.1) is 0 Å². The molecule has 5 nitrogen and oxygen atoms in total. The molecule has 3 rings (SSSR count). The lowest BCUT2D eigenvalue weighted by Crippen LogP contribution is -2.27. The van der Waals surface area contributed by atoms with Gasteiger partial charge in [-0.1, -0.05) is 13.8 Å². The molecule has 1 aromatic carbocycles. The molecule has 1 aliphatic rings. The number of benzene rings is 1. The van der Waals surface area contributed by atoms with E-state index in [0.717, 1.165) is 28.1 Å². The summed E-state index contributed by atoms with van der Waals surface area (Å²) in [7, 11) is 0. The van der Waals surface area contributed by atoms with Gasteiger partial charge in [0.05, 0.1) is 0 Å². The summed E-state index contributed by atoms with van der Waals surface area (Å²) in [4.78, 5) is 4.38. The number of aliphatic hydroxyl groups excluding tert-OH is 1. The van der Waals surface area contributed by atoms with Crippen LogP contribution in [-0.2, 0) is 0 Å². The van der Waals surface area contributed by atoms with Crippen molar-refractivity contribution < 1.29 is 14.6 Å².